The monoisotopic (exact) mass is 275 g/mol. The zero-order chi connectivity index (χ0) is 14.5. The van der Waals surface area contributed by atoms with Gasteiger partial charge in [-0.15, -0.1) is 0 Å². The summed E-state index contributed by atoms with van der Waals surface area (Å²) in [6.07, 6.45) is 2.03. The Kier molecular flexibility index (Phi) is 4.63. The van der Waals surface area contributed by atoms with Crippen LogP contribution in [0.5, 0.6) is 11.5 Å². The Morgan fingerprint density at radius 3 is 2.50 bits per heavy atom. The van der Waals surface area contributed by atoms with Crippen molar-refractivity contribution >= 4 is 0 Å². The van der Waals surface area contributed by atoms with Gasteiger partial charge in [0.05, 0.1) is 19.9 Å². The molecular formula is C15H21N3O2. The highest BCUT2D eigenvalue weighted by atomic mass is 16.5. The summed E-state index contributed by atoms with van der Waals surface area (Å²) in [6, 6.07) is 5.89. The second kappa shape index (κ2) is 6.43. The average Bonchev–Trinajstić information content (AvgIpc) is 2.76. The molecule has 1 N–H and O–H groups in total. The van der Waals surface area contributed by atoms with Crippen LogP contribution < -0.4 is 14.8 Å². The quantitative estimate of drug-likeness (QED) is 0.876. The van der Waals surface area contributed by atoms with Gasteiger partial charge in [-0.05, 0) is 13.0 Å². The molecule has 20 heavy (non-hydrogen) atoms. The third-order valence-corrected chi connectivity index (χ3v) is 3.23. The molecule has 0 aliphatic carbocycles. The molecule has 108 valence electrons. The van der Waals surface area contributed by atoms with Gasteiger partial charge in [0.1, 0.15) is 0 Å². The van der Waals surface area contributed by atoms with E-state index in [1.54, 1.807) is 14.2 Å². The first kappa shape index (κ1) is 14.4. The lowest BCUT2D eigenvalue weighted by atomic mass is 10.1. The topological polar surface area (TPSA) is 48.3 Å². The van der Waals surface area contributed by atoms with Crippen LogP contribution in [-0.2, 0) is 20.1 Å². The molecule has 0 spiro atoms. The second-order valence-corrected chi connectivity index (χ2v) is 4.67. The maximum atomic E-state index is 5.42. The normalized spacial score (nSPS) is 10.6. The Bertz CT molecular complexity index is 578. The van der Waals surface area contributed by atoms with Gasteiger partial charge in [-0.2, -0.15) is 5.10 Å². The molecule has 1 aromatic carbocycles. The van der Waals surface area contributed by atoms with E-state index in [1.807, 2.05) is 43.0 Å². The fourth-order valence-electron chi connectivity index (χ4n) is 2.25. The molecule has 1 heterocycles. The van der Waals surface area contributed by atoms with Crippen LogP contribution >= 0.6 is 0 Å². The van der Waals surface area contributed by atoms with E-state index >= 15 is 0 Å². The number of methoxy groups -OCH3 is 2. The molecule has 1 aromatic heterocycles. The van der Waals surface area contributed by atoms with E-state index in [0.717, 1.165) is 29.3 Å². The van der Waals surface area contributed by atoms with Gasteiger partial charge in [-0.3, -0.25) is 4.68 Å². The fourth-order valence-corrected chi connectivity index (χ4v) is 2.25. The van der Waals surface area contributed by atoms with Crippen LogP contribution in [0.15, 0.2) is 24.4 Å². The average molecular weight is 275 g/mol. The minimum absolute atomic E-state index is 0.717. The Labute approximate surface area is 119 Å². The zero-order valence-electron chi connectivity index (χ0n) is 12.4. The summed E-state index contributed by atoms with van der Waals surface area (Å²) < 4.78 is 12.5. The van der Waals surface area contributed by atoms with E-state index in [1.165, 1.54) is 5.56 Å². The minimum Gasteiger partial charge on any atom is -0.493 e. The van der Waals surface area contributed by atoms with Gasteiger partial charge in [0.25, 0.3) is 0 Å². The second-order valence-electron chi connectivity index (χ2n) is 4.67. The molecular weight excluding hydrogens is 254 g/mol. The predicted molar refractivity (Wildman–Crippen MR) is 78.0 cm³/mol. The van der Waals surface area contributed by atoms with Crippen molar-refractivity contribution in [3.05, 3.63) is 41.2 Å². The maximum Gasteiger partial charge on any atom is 0.165 e. The largest absolute Gasteiger partial charge is 0.493 e. The number of aromatic nitrogens is 2. The van der Waals surface area contributed by atoms with Crippen LogP contribution in [0.2, 0.25) is 0 Å². The molecule has 0 aliphatic heterocycles. The Balaban J connectivity index is 2.02. The lowest BCUT2D eigenvalue weighted by molar-refractivity contribution is 0.350. The Hall–Kier alpha value is -2.01. The number of aryl methyl sites for hydroxylation is 2. The van der Waals surface area contributed by atoms with Crippen LogP contribution in [-0.4, -0.2) is 24.0 Å². The standard InChI is InChI=1S/C15H21N3O2/c1-11-13(10-18(2)17-11)9-16-8-12-6-5-7-14(19-3)15(12)20-4/h5-7,10,16H,8-9H2,1-4H3. The van der Waals surface area contributed by atoms with Crippen molar-refractivity contribution in [2.45, 2.75) is 20.0 Å². The highest BCUT2D eigenvalue weighted by molar-refractivity contribution is 5.46. The van der Waals surface area contributed by atoms with Gasteiger partial charge in [0.2, 0.25) is 0 Å². The summed E-state index contributed by atoms with van der Waals surface area (Å²) in [5, 5.41) is 7.74. The molecule has 0 fully saturated rings. The van der Waals surface area contributed by atoms with Gasteiger partial charge < -0.3 is 14.8 Å². The fraction of sp³-hybridized carbons (Fsp3) is 0.400. The smallest absolute Gasteiger partial charge is 0.165 e. The molecule has 0 amide bonds. The van der Waals surface area contributed by atoms with Crippen molar-refractivity contribution in [2.24, 2.45) is 7.05 Å². The lowest BCUT2D eigenvalue weighted by Gasteiger charge is -2.13. The van der Waals surface area contributed by atoms with E-state index in [9.17, 15) is 0 Å². The Morgan fingerprint density at radius 1 is 1.15 bits per heavy atom. The van der Waals surface area contributed by atoms with Crippen molar-refractivity contribution in [2.75, 3.05) is 14.2 Å². The molecule has 0 atom stereocenters. The molecule has 0 radical (unpaired) electrons. The van der Waals surface area contributed by atoms with Crippen molar-refractivity contribution in [1.29, 1.82) is 0 Å². The van der Waals surface area contributed by atoms with Gasteiger partial charge in [0.15, 0.2) is 11.5 Å². The molecule has 5 nitrogen and oxygen atoms in total. The number of rotatable bonds is 6. The highest BCUT2D eigenvalue weighted by Crippen LogP contribution is 2.30. The SMILES string of the molecule is COc1cccc(CNCc2cn(C)nc2C)c1OC. The van der Waals surface area contributed by atoms with E-state index in [2.05, 4.69) is 10.4 Å². The van der Waals surface area contributed by atoms with E-state index in [0.29, 0.717) is 6.54 Å². The Morgan fingerprint density at radius 2 is 1.90 bits per heavy atom. The highest BCUT2D eigenvalue weighted by Gasteiger charge is 2.09. The van der Waals surface area contributed by atoms with Crippen molar-refractivity contribution in [3.63, 3.8) is 0 Å². The summed E-state index contributed by atoms with van der Waals surface area (Å²) in [6.45, 7) is 3.51. The van der Waals surface area contributed by atoms with E-state index in [-0.39, 0.29) is 0 Å². The molecule has 0 unspecified atom stereocenters. The van der Waals surface area contributed by atoms with Gasteiger partial charge >= 0.3 is 0 Å². The molecule has 0 saturated carbocycles. The van der Waals surface area contributed by atoms with Gasteiger partial charge in [-0.25, -0.2) is 0 Å². The van der Waals surface area contributed by atoms with Crippen LogP contribution in [0.25, 0.3) is 0 Å². The first-order chi connectivity index (χ1) is 9.65. The summed E-state index contributed by atoms with van der Waals surface area (Å²) in [7, 11) is 5.24. The molecule has 0 bridgehead atoms. The van der Waals surface area contributed by atoms with Crippen molar-refractivity contribution in [3.8, 4) is 11.5 Å². The van der Waals surface area contributed by atoms with Gasteiger partial charge in [0, 0.05) is 37.5 Å². The molecule has 0 aliphatic rings. The number of hydrogen-bond donors (Lipinski definition) is 1. The first-order valence-electron chi connectivity index (χ1n) is 6.55. The molecule has 2 aromatic rings. The number of nitrogens with one attached hydrogen (secondary N) is 1. The third-order valence-electron chi connectivity index (χ3n) is 3.23. The van der Waals surface area contributed by atoms with Crippen LogP contribution in [0.1, 0.15) is 16.8 Å². The lowest BCUT2D eigenvalue weighted by Crippen LogP contribution is -2.14. The number of benzene rings is 1. The van der Waals surface area contributed by atoms with Crippen molar-refractivity contribution < 1.29 is 9.47 Å². The number of hydrogen-bond acceptors (Lipinski definition) is 4. The molecule has 2 rings (SSSR count). The summed E-state index contributed by atoms with van der Waals surface area (Å²) >= 11 is 0. The van der Waals surface area contributed by atoms with Crippen LogP contribution in [0, 0.1) is 6.92 Å². The molecule has 0 saturated heterocycles. The van der Waals surface area contributed by atoms with E-state index < -0.39 is 0 Å². The number of nitrogens with zero attached hydrogens (tertiary/aromatic N) is 2. The molecule has 5 heteroatoms. The third kappa shape index (κ3) is 3.11. The predicted octanol–water partition coefficient (Wildman–Crippen LogP) is 2.04. The summed E-state index contributed by atoms with van der Waals surface area (Å²) in [5.41, 5.74) is 3.33. The summed E-state index contributed by atoms with van der Waals surface area (Å²) in [4.78, 5) is 0. The maximum absolute atomic E-state index is 5.42. The minimum atomic E-state index is 0.717. The number of ether oxygens (including phenoxy) is 2. The van der Waals surface area contributed by atoms with Crippen molar-refractivity contribution in [1.82, 2.24) is 15.1 Å². The van der Waals surface area contributed by atoms with E-state index in [4.69, 9.17) is 9.47 Å². The zero-order valence-corrected chi connectivity index (χ0v) is 12.4. The summed E-state index contributed by atoms with van der Waals surface area (Å²) in [5.74, 6) is 1.54. The van der Waals surface area contributed by atoms with Crippen LogP contribution in [0.3, 0.4) is 0 Å². The first-order valence-corrected chi connectivity index (χ1v) is 6.55. The number of para-hydroxylation sites is 1. The van der Waals surface area contributed by atoms with Gasteiger partial charge in [-0.1, -0.05) is 12.1 Å². The van der Waals surface area contributed by atoms with Crippen LogP contribution in [0.4, 0.5) is 0 Å².